The van der Waals surface area contributed by atoms with E-state index in [1.807, 2.05) is 24.3 Å². The zero-order chi connectivity index (χ0) is 15.7. The van der Waals surface area contributed by atoms with Crippen molar-refractivity contribution < 1.29 is 4.79 Å². The third kappa shape index (κ3) is 2.50. The lowest BCUT2D eigenvalue weighted by atomic mass is 9.99. The van der Waals surface area contributed by atoms with Crippen LogP contribution >= 0.6 is 0 Å². The Morgan fingerprint density at radius 3 is 2.77 bits per heavy atom. The van der Waals surface area contributed by atoms with E-state index >= 15 is 0 Å². The molecule has 2 aromatic rings. The lowest BCUT2D eigenvalue weighted by molar-refractivity contribution is -0.115. The average Bonchev–Trinajstić information content (AvgIpc) is 2.67. The molecule has 0 radical (unpaired) electrons. The number of nitrogens with one attached hydrogen (secondary N) is 3. The van der Waals surface area contributed by atoms with Crippen molar-refractivity contribution in [3.8, 4) is 17.2 Å². The molecule has 1 amide bonds. The summed E-state index contributed by atoms with van der Waals surface area (Å²) in [5.74, 6) is -0.0708. The van der Waals surface area contributed by atoms with Gasteiger partial charge in [-0.3, -0.25) is 9.59 Å². The number of rotatable bonds is 1. The second kappa shape index (κ2) is 5.47. The second-order valence-corrected chi connectivity index (χ2v) is 5.19. The summed E-state index contributed by atoms with van der Waals surface area (Å²) in [5, 5.41) is 14.9. The molecule has 22 heavy (non-hydrogen) atoms. The van der Waals surface area contributed by atoms with E-state index < -0.39 is 0 Å². The number of nitrogens with zero attached hydrogens (tertiary/aromatic N) is 1. The maximum atomic E-state index is 11.6. The third-order valence-corrected chi connectivity index (χ3v) is 3.65. The standard InChI is InChI=1S/C16H14N4O2/c1-9-13(5-11(6-17)16(22)19-9)10-2-3-14-12(4-10)7-18-8-15(21)20-14/h2-5,18H,7-8H2,1H3,(H,19,22)(H,20,21). The molecule has 0 unspecified atom stereocenters. The Morgan fingerprint density at radius 2 is 2.00 bits per heavy atom. The maximum absolute atomic E-state index is 11.6. The quantitative estimate of drug-likeness (QED) is 0.737. The number of aromatic amines is 1. The van der Waals surface area contributed by atoms with Gasteiger partial charge in [0.1, 0.15) is 11.6 Å². The van der Waals surface area contributed by atoms with Crippen LogP contribution in [0.1, 0.15) is 16.8 Å². The normalized spacial score (nSPS) is 13.7. The van der Waals surface area contributed by atoms with Crippen LogP contribution in [0.3, 0.4) is 0 Å². The maximum Gasteiger partial charge on any atom is 0.266 e. The predicted molar refractivity (Wildman–Crippen MR) is 82.3 cm³/mol. The van der Waals surface area contributed by atoms with Crippen LogP contribution < -0.4 is 16.2 Å². The molecule has 0 atom stereocenters. The Bertz CT molecular complexity index is 861. The van der Waals surface area contributed by atoms with E-state index in [0.29, 0.717) is 12.2 Å². The molecule has 110 valence electrons. The van der Waals surface area contributed by atoms with Gasteiger partial charge in [0.25, 0.3) is 5.56 Å². The van der Waals surface area contributed by atoms with Gasteiger partial charge in [0.05, 0.1) is 6.54 Å². The summed E-state index contributed by atoms with van der Waals surface area (Å²) in [5.41, 5.74) is 3.84. The molecule has 0 spiro atoms. The van der Waals surface area contributed by atoms with Crippen LogP contribution in [-0.4, -0.2) is 17.4 Å². The molecule has 1 aliphatic heterocycles. The number of anilines is 1. The molecule has 1 aliphatic rings. The molecule has 6 heteroatoms. The van der Waals surface area contributed by atoms with E-state index in [2.05, 4.69) is 15.6 Å². The monoisotopic (exact) mass is 294 g/mol. The average molecular weight is 294 g/mol. The minimum Gasteiger partial charge on any atom is -0.325 e. The molecule has 3 rings (SSSR count). The largest absolute Gasteiger partial charge is 0.325 e. The summed E-state index contributed by atoms with van der Waals surface area (Å²) in [4.78, 5) is 25.9. The topological polar surface area (TPSA) is 97.8 Å². The fraction of sp³-hybridized carbons (Fsp3) is 0.188. The van der Waals surface area contributed by atoms with Gasteiger partial charge in [-0.1, -0.05) is 6.07 Å². The van der Waals surface area contributed by atoms with Crippen molar-refractivity contribution in [3.05, 3.63) is 51.4 Å². The van der Waals surface area contributed by atoms with Crippen LogP contribution in [0.4, 0.5) is 5.69 Å². The highest BCUT2D eigenvalue weighted by Gasteiger charge is 2.14. The number of carbonyl (C=O) groups is 1. The lowest BCUT2D eigenvalue weighted by Crippen LogP contribution is -2.23. The number of hydrogen-bond acceptors (Lipinski definition) is 4. The SMILES string of the molecule is Cc1[nH]c(=O)c(C#N)cc1-c1ccc2c(c1)CNCC(=O)N2. The first-order valence-electron chi connectivity index (χ1n) is 6.86. The number of aryl methyl sites for hydroxylation is 1. The van der Waals surface area contributed by atoms with E-state index in [9.17, 15) is 9.59 Å². The second-order valence-electron chi connectivity index (χ2n) is 5.19. The number of H-pyrrole nitrogens is 1. The van der Waals surface area contributed by atoms with E-state index in [-0.39, 0.29) is 23.6 Å². The highest BCUT2D eigenvalue weighted by molar-refractivity contribution is 5.94. The first-order chi connectivity index (χ1) is 10.6. The van der Waals surface area contributed by atoms with Crippen molar-refractivity contribution in [2.45, 2.75) is 13.5 Å². The first-order valence-corrected chi connectivity index (χ1v) is 6.86. The van der Waals surface area contributed by atoms with Crippen LogP contribution in [-0.2, 0) is 11.3 Å². The van der Waals surface area contributed by atoms with Gasteiger partial charge in [-0.15, -0.1) is 0 Å². The molecular formula is C16H14N4O2. The van der Waals surface area contributed by atoms with Gasteiger partial charge in [-0.05, 0) is 36.2 Å². The van der Waals surface area contributed by atoms with E-state index in [0.717, 1.165) is 22.4 Å². The number of carbonyl (C=O) groups excluding carboxylic acids is 1. The number of hydrogen-bond donors (Lipinski definition) is 3. The Kier molecular flexibility index (Phi) is 3.49. The number of amides is 1. The summed E-state index contributed by atoms with van der Waals surface area (Å²) in [6.45, 7) is 2.65. The fourth-order valence-electron chi connectivity index (χ4n) is 2.54. The van der Waals surface area contributed by atoms with Crippen LogP contribution in [0, 0.1) is 18.3 Å². The molecular weight excluding hydrogens is 280 g/mol. The highest BCUT2D eigenvalue weighted by atomic mass is 16.2. The van der Waals surface area contributed by atoms with E-state index in [4.69, 9.17) is 5.26 Å². The zero-order valence-electron chi connectivity index (χ0n) is 12.0. The molecule has 6 nitrogen and oxygen atoms in total. The zero-order valence-corrected chi connectivity index (χ0v) is 12.0. The van der Waals surface area contributed by atoms with Gasteiger partial charge in [-0.25, -0.2) is 0 Å². The van der Waals surface area contributed by atoms with Gasteiger partial charge in [0, 0.05) is 23.5 Å². The number of fused-ring (bicyclic) bond motifs is 1. The van der Waals surface area contributed by atoms with Gasteiger partial charge < -0.3 is 15.6 Å². The summed E-state index contributed by atoms with van der Waals surface area (Å²) in [6, 6.07) is 9.15. The van der Waals surface area contributed by atoms with Gasteiger partial charge in [0.15, 0.2) is 0 Å². The first kappa shape index (κ1) is 14.0. The van der Waals surface area contributed by atoms with Crippen LogP contribution in [0.25, 0.3) is 11.1 Å². The number of pyridine rings is 1. The van der Waals surface area contributed by atoms with Crippen LogP contribution in [0.5, 0.6) is 0 Å². The molecule has 0 saturated carbocycles. The minimum absolute atomic E-state index is 0.0708. The molecule has 0 fully saturated rings. The smallest absolute Gasteiger partial charge is 0.266 e. The molecule has 1 aromatic heterocycles. The highest BCUT2D eigenvalue weighted by Crippen LogP contribution is 2.27. The van der Waals surface area contributed by atoms with Crippen molar-refractivity contribution in [2.24, 2.45) is 0 Å². The fourth-order valence-corrected chi connectivity index (χ4v) is 2.54. The number of benzene rings is 1. The van der Waals surface area contributed by atoms with Gasteiger partial charge >= 0.3 is 0 Å². The van der Waals surface area contributed by atoms with Gasteiger partial charge in [-0.2, -0.15) is 5.26 Å². The van der Waals surface area contributed by atoms with Gasteiger partial charge in [0.2, 0.25) is 5.91 Å². The minimum atomic E-state index is -0.382. The van der Waals surface area contributed by atoms with Crippen molar-refractivity contribution in [1.29, 1.82) is 5.26 Å². The van der Waals surface area contributed by atoms with Crippen molar-refractivity contribution in [3.63, 3.8) is 0 Å². The number of nitriles is 1. The Balaban J connectivity index is 2.11. The molecule has 0 bridgehead atoms. The van der Waals surface area contributed by atoms with E-state index in [1.54, 1.807) is 13.0 Å². The molecule has 0 aliphatic carbocycles. The summed E-state index contributed by atoms with van der Waals surface area (Å²) < 4.78 is 0. The van der Waals surface area contributed by atoms with E-state index in [1.165, 1.54) is 0 Å². The van der Waals surface area contributed by atoms with Crippen molar-refractivity contribution in [1.82, 2.24) is 10.3 Å². The molecule has 3 N–H and O–H groups in total. The van der Waals surface area contributed by atoms with Crippen molar-refractivity contribution in [2.75, 3.05) is 11.9 Å². The summed E-state index contributed by atoms with van der Waals surface area (Å²) >= 11 is 0. The van der Waals surface area contributed by atoms with Crippen LogP contribution in [0.15, 0.2) is 29.1 Å². The predicted octanol–water partition coefficient (Wildman–Crippen LogP) is 1.26. The Hall–Kier alpha value is -2.91. The Labute approximate surface area is 126 Å². The lowest BCUT2D eigenvalue weighted by Gasteiger charge is -2.11. The summed E-state index contributed by atoms with van der Waals surface area (Å²) in [6.07, 6.45) is 0. The Morgan fingerprint density at radius 1 is 1.18 bits per heavy atom. The molecule has 1 aromatic carbocycles. The third-order valence-electron chi connectivity index (χ3n) is 3.65. The van der Waals surface area contributed by atoms with Crippen molar-refractivity contribution >= 4 is 11.6 Å². The number of aromatic nitrogens is 1. The molecule has 0 saturated heterocycles. The summed E-state index contributed by atoms with van der Waals surface area (Å²) in [7, 11) is 0. The molecule has 2 heterocycles. The van der Waals surface area contributed by atoms with Crippen LogP contribution in [0.2, 0.25) is 0 Å².